The van der Waals surface area contributed by atoms with E-state index in [2.05, 4.69) is 5.10 Å². The van der Waals surface area contributed by atoms with Crippen molar-refractivity contribution in [1.82, 2.24) is 14.7 Å². The molecule has 2 aromatic rings. The summed E-state index contributed by atoms with van der Waals surface area (Å²) in [5.74, 6) is 0.244. The number of hydrogen-bond donors (Lipinski definition) is 1. The summed E-state index contributed by atoms with van der Waals surface area (Å²) in [7, 11) is 3.81. The molecule has 25 heavy (non-hydrogen) atoms. The van der Waals surface area contributed by atoms with Gasteiger partial charge in [-0.25, -0.2) is 4.79 Å². The van der Waals surface area contributed by atoms with E-state index in [1.54, 1.807) is 35.9 Å². The number of hydrogen-bond acceptors (Lipinski definition) is 6. The molecule has 0 aliphatic rings. The van der Waals surface area contributed by atoms with Crippen molar-refractivity contribution in [2.75, 3.05) is 26.8 Å². The lowest BCUT2D eigenvalue weighted by molar-refractivity contribution is 0.0525. The van der Waals surface area contributed by atoms with Gasteiger partial charge in [-0.2, -0.15) is 5.10 Å². The van der Waals surface area contributed by atoms with Crippen LogP contribution in [0, 0.1) is 0 Å². The fourth-order valence-electron chi connectivity index (χ4n) is 2.44. The number of esters is 1. The van der Waals surface area contributed by atoms with Crippen LogP contribution >= 0.6 is 0 Å². The number of rotatable bonds is 9. The van der Waals surface area contributed by atoms with E-state index in [4.69, 9.17) is 9.47 Å². The summed E-state index contributed by atoms with van der Waals surface area (Å²) < 4.78 is 12.3. The van der Waals surface area contributed by atoms with Gasteiger partial charge in [-0.1, -0.05) is 0 Å². The zero-order chi connectivity index (χ0) is 18.2. The molecule has 1 aromatic carbocycles. The Morgan fingerprint density at radius 3 is 2.68 bits per heavy atom. The summed E-state index contributed by atoms with van der Waals surface area (Å²) in [6.45, 7) is 3.48. The molecule has 0 aliphatic carbocycles. The van der Waals surface area contributed by atoms with E-state index in [0.717, 1.165) is 5.56 Å². The van der Waals surface area contributed by atoms with Crippen LogP contribution < -0.4 is 4.74 Å². The summed E-state index contributed by atoms with van der Waals surface area (Å²) in [6.07, 6.45) is 3.14. The van der Waals surface area contributed by atoms with Gasteiger partial charge in [0.15, 0.2) is 0 Å². The largest absolute Gasteiger partial charge is 0.491 e. The highest BCUT2D eigenvalue weighted by atomic mass is 16.5. The van der Waals surface area contributed by atoms with Crippen LogP contribution in [0.25, 0.3) is 0 Å². The van der Waals surface area contributed by atoms with E-state index in [9.17, 15) is 9.90 Å². The Kier molecular flexibility index (Phi) is 6.97. The van der Waals surface area contributed by atoms with E-state index in [-0.39, 0.29) is 12.6 Å². The van der Waals surface area contributed by atoms with Crippen LogP contribution in [-0.2, 0) is 18.3 Å². The van der Waals surface area contributed by atoms with Crippen LogP contribution in [0.5, 0.6) is 5.75 Å². The highest BCUT2D eigenvalue weighted by molar-refractivity contribution is 5.89. The standard InChI is InChI=1S/C18H25N3O4/c1-4-24-18(23)15-5-7-17(8-6-15)25-13-16(22)12-20(2)10-14-9-19-21(3)11-14/h5-9,11,16,22H,4,10,12-13H2,1-3H3. The van der Waals surface area contributed by atoms with Crippen molar-refractivity contribution in [3.8, 4) is 5.75 Å². The molecule has 1 unspecified atom stereocenters. The first-order valence-electron chi connectivity index (χ1n) is 8.22. The molecule has 7 heteroatoms. The first kappa shape index (κ1) is 19.0. The Bertz CT molecular complexity index is 669. The number of aliphatic hydroxyl groups is 1. The third kappa shape index (κ3) is 6.21. The topological polar surface area (TPSA) is 76.8 Å². The lowest BCUT2D eigenvalue weighted by atomic mass is 10.2. The summed E-state index contributed by atoms with van der Waals surface area (Å²) in [5, 5.41) is 14.2. The second-order valence-electron chi connectivity index (χ2n) is 5.93. The molecule has 1 heterocycles. The Morgan fingerprint density at radius 1 is 1.36 bits per heavy atom. The predicted molar refractivity (Wildman–Crippen MR) is 93.4 cm³/mol. The Balaban J connectivity index is 1.75. The lowest BCUT2D eigenvalue weighted by Gasteiger charge is -2.20. The Labute approximate surface area is 147 Å². The maximum atomic E-state index is 11.6. The summed E-state index contributed by atoms with van der Waals surface area (Å²) in [4.78, 5) is 13.6. The van der Waals surface area contributed by atoms with Gasteiger partial charge in [-0.05, 0) is 38.2 Å². The normalized spacial score (nSPS) is 12.2. The van der Waals surface area contributed by atoms with Crippen LogP contribution in [0.15, 0.2) is 36.7 Å². The molecule has 1 aromatic heterocycles. The van der Waals surface area contributed by atoms with Gasteiger partial charge >= 0.3 is 5.97 Å². The number of aliphatic hydroxyl groups excluding tert-OH is 1. The quantitative estimate of drug-likeness (QED) is 0.692. The second-order valence-corrected chi connectivity index (χ2v) is 5.93. The smallest absolute Gasteiger partial charge is 0.338 e. The molecular formula is C18H25N3O4. The monoisotopic (exact) mass is 347 g/mol. The summed E-state index contributed by atoms with van der Waals surface area (Å²) in [6, 6.07) is 6.68. The molecular weight excluding hydrogens is 322 g/mol. The van der Waals surface area contributed by atoms with Gasteiger partial charge < -0.3 is 14.6 Å². The van der Waals surface area contributed by atoms with E-state index < -0.39 is 6.10 Å². The maximum Gasteiger partial charge on any atom is 0.338 e. The third-order valence-electron chi connectivity index (χ3n) is 3.54. The number of nitrogens with zero attached hydrogens (tertiary/aromatic N) is 3. The number of benzene rings is 1. The molecule has 2 rings (SSSR count). The van der Waals surface area contributed by atoms with Gasteiger partial charge in [-0.15, -0.1) is 0 Å². The van der Waals surface area contributed by atoms with Crippen LogP contribution in [0.4, 0.5) is 0 Å². The lowest BCUT2D eigenvalue weighted by Crippen LogP contribution is -2.32. The van der Waals surface area contributed by atoms with Crippen LogP contribution in [0.1, 0.15) is 22.8 Å². The van der Waals surface area contributed by atoms with Crippen molar-refractivity contribution in [1.29, 1.82) is 0 Å². The molecule has 0 radical (unpaired) electrons. The summed E-state index contributed by atoms with van der Waals surface area (Å²) in [5.41, 5.74) is 1.57. The highest BCUT2D eigenvalue weighted by Crippen LogP contribution is 2.13. The minimum Gasteiger partial charge on any atom is -0.491 e. The van der Waals surface area contributed by atoms with Crippen molar-refractivity contribution in [2.45, 2.75) is 19.6 Å². The highest BCUT2D eigenvalue weighted by Gasteiger charge is 2.11. The van der Waals surface area contributed by atoms with Crippen molar-refractivity contribution in [3.63, 3.8) is 0 Å². The minimum absolute atomic E-state index is 0.177. The van der Waals surface area contributed by atoms with Gasteiger partial charge in [-0.3, -0.25) is 9.58 Å². The van der Waals surface area contributed by atoms with E-state index >= 15 is 0 Å². The average Bonchev–Trinajstić information content (AvgIpc) is 2.98. The fourth-order valence-corrected chi connectivity index (χ4v) is 2.44. The Hall–Kier alpha value is -2.38. The molecule has 136 valence electrons. The molecule has 0 saturated heterocycles. The van der Waals surface area contributed by atoms with Crippen molar-refractivity contribution >= 4 is 5.97 Å². The average molecular weight is 347 g/mol. The number of aromatic nitrogens is 2. The summed E-state index contributed by atoms with van der Waals surface area (Å²) >= 11 is 0. The molecule has 7 nitrogen and oxygen atoms in total. The number of likely N-dealkylation sites (N-methyl/N-ethyl adjacent to an activating group) is 1. The third-order valence-corrected chi connectivity index (χ3v) is 3.54. The molecule has 0 aliphatic heterocycles. The zero-order valence-corrected chi connectivity index (χ0v) is 14.9. The first-order valence-corrected chi connectivity index (χ1v) is 8.22. The van der Waals surface area contributed by atoms with Crippen LogP contribution in [0.2, 0.25) is 0 Å². The fraction of sp³-hybridized carbons (Fsp3) is 0.444. The number of aryl methyl sites for hydroxylation is 1. The van der Waals surface area contributed by atoms with Crippen molar-refractivity contribution in [2.24, 2.45) is 7.05 Å². The second kappa shape index (κ2) is 9.19. The van der Waals surface area contributed by atoms with Gasteiger partial charge in [0.25, 0.3) is 0 Å². The van der Waals surface area contributed by atoms with E-state index in [1.807, 2.05) is 31.4 Å². The van der Waals surface area contributed by atoms with Gasteiger partial charge in [0.2, 0.25) is 0 Å². The SMILES string of the molecule is CCOC(=O)c1ccc(OCC(O)CN(C)Cc2cnn(C)c2)cc1. The first-order chi connectivity index (χ1) is 12.0. The number of carbonyl (C=O) groups excluding carboxylic acids is 1. The van der Waals surface area contributed by atoms with E-state index in [1.165, 1.54) is 0 Å². The van der Waals surface area contributed by atoms with Gasteiger partial charge in [0.1, 0.15) is 18.5 Å². The number of carbonyl (C=O) groups is 1. The van der Waals surface area contributed by atoms with Gasteiger partial charge in [0.05, 0.1) is 18.4 Å². The molecule has 0 saturated carbocycles. The molecule has 1 N–H and O–H groups in total. The van der Waals surface area contributed by atoms with Crippen molar-refractivity contribution in [3.05, 3.63) is 47.8 Å². The molecule has 1 atom stereocenters. The molecule has 0 amide bonds. The minimum atomic E-state index is -0.619. The molecule has 0 bridgehead atoms. The Morgan fingerprint density at radius 2 is 2.08 bits per heavy atom. The maximum absolute atomic E-state index is 11.6. The zero-order valence-electron chi connectivity index (χ0n) is 14.9. The van der Waals surface area contributed by atoms with Crippen LogP contribution in [0.3, 0.4) is 0 Å². The molecule has 0 spiro atoms. The van der Waals surface area contributed by atoms with Gasteiger partial charge in [0, 0.05) is 31.9 Å². The van der Waals surface area contributed by atoms with Crippen LogP contribution in [-0.4, -0.2) is 58.7 Å². The number of ether oxygens (including phenoxy) is 2. The van der Waals surface area contributed by atoms with Crippen molar-refractivity contribution < 1.29 is 19.4 Å². The molecule has 0 fully saturated rings. The predicted octanol–water partition coefficient (Wildman–Crippen LogP) is 1.47. The van der Waals surface area contributed by atoms with E-state index in [0.29, 0.717) is 31.0 Å².